The number of carbonyl (C=O) groups is 4. The summed E-state index contributed by atoms with van der Waals surface area (Å²) in [7, 11) is -3.94. The van der Waals surface area contributed by atoms with Gasteiger partial charge in [0.25, 0.3) is 11.5 Å². The van der Waals surface area contributed by atoms with E-state index < -0.39 is 37.3 Å². The number of hydrogen-bond acceptors (Lipinski definition) is 15. The molecule has 0 spiro atoms. The standard InChI is InChI=1S/C38H36N7O11P/c1-3-53-57(52,54-4-2)55-22-23-9-16-29(17-10-23)56-37(51)30-8-6-5-7-25(30)19-28(46)15-18-31(36(49)50)43-34(47)24-11-13-26(14-12-24)40-20-27-21-41-33-32(42-27)35(48)45-38(39)44-33/h1,5-14,16-17,21,31,40H,4,15,18-20,22H2,2H3,(H,43,47)(H,49,50)(H3,39,41,44,45,48)/t31-,57?/m0/s1. The predicted molar refractivity (Wildman–Crippen MR) is 205 cm³/mol. The van der Waals surface area contributed by atoms with Gasteiger partial charge in [0.2, 0.25) is 5.95 Å². The molecular formula is C38H36N7O11P. The Hall–Kier alpha value is -6.93. The first kappa shape index (κ1) is 41.2. The molecule has 0 aliphatic heterocycles. The normalized spacial score (nSPS) is 12.4. The van der Waals surface area contributed by atoms with Crippen LogP contribution in [0.2, 0.25) is 0 Å². The lowest BCUT2D eigenvalue weighted by Crippen LogP contribution is -2.41. The van der Waals surface area contributed by atoms with Crippen LogP contribution in [0, 0.1) is 12.5 Å². The molecule has 0 radical (unpaired) electrons. The molecule has 0 bridgehead atoms. The molecule has 0 saturated carbocycles. The van der Waals surface area contributed by atoms with Crippen molar-refractivity contribution in [3.8, 4) is 18.3 Å². The van der Waals surface area contributed by atoms with E-state index in [0.717, 1.165) is 0 Å². The largest absolute Gasteiger partial charge is 0.538 e. The average molecular weight is 798 g/mol. The van der Waals surface area contributed by atoms with Crippen LogP contribution >= 0.6 is 7.82 Å². The number of phosphoric ester groups is 1. The number of phosphoric acid groups is 1. The zero-order chi connectivity index (χ0) is 41.0. The van der Waals surface area contributed by atoms with Crippen LogP contribution in [0.3, 0.4) is 0 Å². The predicted octanol–water partition coefficient (Wildman–Crippen LogP) is 4.17. The van der Waals surface area contributed by atoms with Crippen molar-refractivity contribution in [3.63, 3.8) is 0 Å². The smallest absolute Gasteiger partial charge is 0.480 e. The number of nitrogen functional groups attached to an aromatic ring is 1. The van der Waals surface area contributed by atoms with Gasteiger partial charge in [-0.15, -0.1) is 0 Å². The second-order valence-corrected chi connectivity index (χ2v) is 13.7. The zero-order valence-corrected chi connectivity index (χ0v) is 31.2. The monoisotopic (exact) mass is 797 g/mol. The van der Waals surface area contributed by atoms with Crippen molar-refractivity contribution in [2.45, 2.75) is 45.4 Å². The number of carboxylic acids is 1. The molecule has 0 saturated heterocycles. The molecule has 6 N–H and O–H groups in total. The topological polar surface area (TPSA) is 264 Å². The molecular weight excluding hydrogens is 761 g/mol. The number of ether oxygens (including phenoxy) is 1. The molecule has 3 aromatic carbocycles. The van der Waals surface area contributed by atoms with Gasteiger partial charge in [0.05, 0.1) is 37.2 Å². The van der Waals surface area contributed by atoms with Crippen LogP contribution in [0.5, 0.6) is 5.75 Å². The van der Waals surface area contributed by atoms with E-state index in [4.69, 9.17) is 25.9 Å². The number of carbonyl (C=O) groups excluding carboxylic acids is 3. The fraction of sp³-hybridized carbons (Fsp3) is 0.211. The number of nitrogens with one attached hydrogen (secondary N) is 3. The Morgan fingerprint density at radius 1 is 1.02 bits per heavy atom. The first-order valence-corrected chi connectivity index (χ1v) is 18.7. The highest BCUT2D eigenvalue weighted by Crippen LogP contribution is 2.49. The fourth-order valence-corrected chi connectivity index (χ4v) is 6.18. The number of terminal acetylenes is 1. The molecule has 0 aliphatic carbocycles. The summed E-state index contributed by atoms with van der Waals surface area (Å²) in [5, 5.41) is 15.3. The average Bonchev–Trinajstić information content (AvgIpc) is 3.19. The molecule has 0 fully saturated rings. The van der Waals surface area contributed by atoms with Crippen molar-refractivity contribution in [1.82, 2.24) is 25.3 Å². The number of fused-ring (bicyclic) bond motifs is 1. The van der Waals surface area contributed by atoms with Gasteiger partial charge in [-0.25, -0.2) is 24.1 Å². The number of carboxylic acid groups (broad SMARTS) is 1. The Labute approximate surface area is 324 Å². The van der Waals surface area contributed by atoms with Gasteiger partial charge in [-0.1, -0.05) is 36.8 Å². The van der Waals surface area contributed by atoms with Crippen LogP contribution in [0.25, 0.3) is 11.2 Å². The maximum absolute atomic E-state index is 13.1. The SMILES string of the molecule is C#COP(=O)(OCC)OCc1ccc(OC(=O)c2ccccc2CC(=O)CC[C@H](NC(=O)c2ccc(NCc3cnc4nc(N)[nH]c(=O)c4n3)cc2)C(=O)O)cc1. The molecule has 57 heavy (non-hydrogen) atoms. The van der Waals surface area contributed by atoms with Gasteiger partial charge in [-0.05, 0) is 66.9 Å². The molecule has 2 heterocycles. The molecule has 18 nitrogen and oxygen atoms in total. The van der Waals surface area contributed by atoms with Gasteiger partial charge >= 0.3 is 19.8 Å². The van der Waals surface area contributed by atoms with Gasteiger partial charge in [-0.2, -0.15) is 4.98 Å². The molecule has 2 atom stereocenters. The third-order valence-electron chi connectivity index (χ3n) is 8.02. The summed E-state index contributed by atoms with van der Waals surface area (Å²) >= 11 is 0. The Balaban J connectivity index is 1.11. The summed E-state index contributed by atoms with van der Waals surface area (Å²) in [4.78, 5) is 77.9. The number of benzene rings is 3. The van der Waals surface area contributed by atoms with Gasteiger partial charge in [-0.3, -0.25) is 28.4 Å². The van der Waals surface area contributed by atoms with Crippen molar-refractivity contribution in [1.29, 1.82) is 0 Å². The highest BCUT2D eigenvalue weighted by atomic mass is 31.2. The number of esters is 1. The molecule has 2 aromatic heterocycles. The molecule has 1 amide bonds. The van der Waals surface area contributed by atoms with E-state index in [2.05, 4.69) is 35.1 Å². The second-order valence-electron chi connectivity index (χ2n) is 12.1. The Morgan fingerprint density at radius 3 is 2.46 bits per heavy atom. The number of nitrogens with two attached hydrogens (primary N) is 1. The minimum absolute atomic E-state index is 0.0337. The van der Waals surface area contributed by atoms with Gasteiger partial charge in [0.15, 0.2) is 11.2 Å². The van der Waals surface area contributed by atoms with Crippen LogP contribution in [-0.4, -0.2) is 61.3 Å². The third kappa shape index (κ3) is 11.5. The van der Waals surface area contributed by atoms with E-state index in [-0.39, 0.29) is 78.8 Å². The number of ketones is 1. The lowest BCUT2D eigenvalue weighted by atomic mass is 9.99. The first-order chi connectivity index (χ1) is 27.4. The first-order valence-electron chi connectivity index (χ1n) is 17.2. The number of nitrogens with zero attached hydrogens (tertiary/aromatic N) is 3. The molecule has 0 aliphatic rings. The van der Waals surface area contributed by atoms with Crippen molar-refractivity contribution >= 4 is 54.3 Å². The van der Waals surface area contributed by atoms with Gasteiger partial charge < -0.3 is 30.7 Å². The summed E-state index contributed by atoms with van der Waals surface area (Å²) in [6.45, 7) is 1.68. The maximum atomic E-state index is 13.1. The number of aromatic amines is 1. The lowest BCUT2D eigenvalue weighted by Gasteiger charge is -2.15. The number of aliphatic carboxylic acids is 1. The van der Waals surface area contributed by atoms with Crippen molar-refractivity contribution in [3.05, 3.63) is 117 Å². The summed E-state index contributed by atoms with van der Waals surface area (Å²) in [5.41, 5.74) is 7.44. The van der Waals surface area contributed by atoms with Crippen LogP contribution < -0.4 is 26.7 Å². The molecule has 5 rings (SSSR count). The minimum atomic E-state index is -3.94. The lowest BCUT2D eigenvalue weighted by molar-refractivity contribution is -0.139. The van der Waals surface area contributed by atoms with E-state index in [0.29, 0.717) is 22.5 Å². The molecule has 19 heteroatoms. The summed E-state index contributed by atoms with van der Waals surface area (Å²) in [6, 6.07) is 17.3. The Morgan fingerprint density at radius 2 is 1.75 bits per heavy atom. The van der Waals surface area contributed by atoms with E-state index >= 15 is 0 Å². The zero-order valence-electron chi connectivity index (χ0n) is 30.3. The Kier molecular flexibility index (Phi) is 13.8. The molecule has 1 unspecified atom stereocenters. The molecule has 294 valence electrons. The third-order valence-corrected chi connectivity index (χ3v) is 9.37. The van der Waals surface area contributed by atoms with Gasteiger partial charge in [0, 0.05) is 24.1 Å². The van der Waals surface area contributed by atoms with E-state index in [9.17, 15) is 33.6 Å². The number of anilines is 2. The summed E-state index contributed by atoms with van der Waals surface area (Å²) in [6.07, 6.45) is 7.69. The maximum Gasteiger partial charge on any atom is 0.538 e. The number of amides is 1. The number of H-pyrrole nitrogens is 1. The molecule has 5 aromatic rings. The number of hydrogen-bond donors (Lipinski definition) is 5. The van der Waals surface area contributed by atoms with Crippen molar-refractivity contribution < 1.29 is 47.2 Å². The highest BCUT2D eigenvalue weighted by molar-refractivity contribution is 7.48. The van der Waals surface area contributed by atoms with Gasteiger partial charge in [0.1, 0.15) is 23.7 Å². The van der Waals surface area contributed by atoms with Crippen LogP contribution in [0.1, 0.15) is 57.3 Å². The minimum Gasteiger partial charge on any atom is -0.480 e. The highest BCUT2D eigenvalue weighted by Gasteiger charge is 2.27. The summed E-state index contributed by atoms with van der Waals surface area (Å²) in [5.74, 6) is -2.97. The summed E-state index contributed by atoms with van der Waals surface area (Å²) < 4.78 is 32.7. The van der Waals surface area contributed by atoms with Crippen LogP contribution in [0.4, 0.5) is 11.6 Å². The van der Waals surface area contributed by atoms with Crippen LogP contribution in [0.15, 0.2) is 83.8 Å². The van der Waals surface area contributed by atoms with Crippen molar-refractivity contribution in [2.24, 2.45) is 0 Å². The second kappa shape index (κ2) is 19.1. The fourth-order valence-electron chi connectivity index (χ4n) is 5.25. The Bertz CT molecular complexity index is 2420. The van der Waals surface area contributed by atoms with E-state index in [1.54, 1.807) is 55.5 Å². The quantitative estimate of drug-likeness (QED) is 0.0340. The van der Waals surface area contributed by atoms with E-state index in [1.165, 1.54) is 36.5 Å². The van der Waals surface area contributed by atoms with E-state index in [1.807, 2.05) is 0 Å². The number of aromatic nitrogens is 4. The number of rotatable bonds is 19. The number of Topliss-reactive ketones (excluding diaryl/α,β-unsaturated/α-hetero) is 1. The van der Waals surface area contributed by atoms with Crippen LogP contribution in [-0.2, 0) is 47.3 Å². The van der Waals surface area contributed by atoms with Crippen molar-refractivity contribution in [2.75, 3.05) is 17.7 Å².